The fourth-order valence-electron chi connectivity index (χ4n) is 2.23. The summed E-state index contributed by atoms with van der Waals surface area (Å²) in [5.74, 6) is 1.73. The molecule has 0 saturated carbocycles. The van der Waals surface area contributed by atoms with Gasteiger partial charge in [0.25, 0.3) is 0 Å². The summed E-state index contributed by atoms with van der Waals surface area (Å²) < 4.78 is 7.57. The van der Waals surface area contributed by atoms with Gasteiger partial charge in [-0.3, -0.25) is 0 Å². The Kier molecular flexibility index (Phi) is 4.05. The molecule has 0 atom stereocenters. The van der Waals surface area contributed by atoms with Crippen molar-refractivity contribution in [2.45, 2.75) is 39.7 Å². The first kappa shape index (κ1) is 12.4. The lowest BCUT2D eigenvalue weighted by molar-refractivity contribution is 0.0699. The number of rotatable bonds is 4. The van der Waals surface area contributed by atoms with Crippen molar-refractivity contribution in [1.29, 1.82) is 0 Å². The Morgan fingerprint density at radius 3 is 2.82 bits per heavy atom. The van der Waals surface area contributed by atoms with Crippen LogP contribution in [0.15, 0.2) is 6.20 Å². The summed E-state index contributed by atoms with van der Waals surface area (Å²) in [7, 11) is 0. The molecule has 0 bridgehead atoms. The average molecular weight is 237 g/mol. The Balaban J connectivity index is 1.93. The van der Waals surface area contributed by atoms with Crippen molar-refractivity contribution < 1.29 is 4.74 Å². The first-order valence-corrected chi connectivity index (χ1v) is 6.54. The number of imidazole rings is 1. The van der Waals surface area contributed by atoms with Crippen LogP contribution >= 0.6 is 0 Å². The van der Waals surface area contributed by atoms with Gasteiger partial charge >= 0.3 is 0 Å². The summed E-state index contributed by atoms with van der Waals surface area (Å²) in [5, 5.41) is 3.48. The van der Waals surface area contributed by atoms with E-state index in [-0.39, 0.29) is 0 Å². The van der Waals surface area contributed by atoms with Gasteiger partial charge in [0.05, 0.1) is 5.69 Å². The zero-order valence-electron chi connectivity index (χ0n) is 11.1. The maximum absolute atomic E-state index is 5.37. The lowest BCUT2D eigenvalue weighted by Gasteiger charge is -2.23. The van der Waals surface area contributed by atoms with Gasteiger partial charge in [0.1, 0.15) is 0 Å². The number of anilines is 1. The molecule has 1 fully saturated rings. The number of nitrogens with one attached hydrogen (secondary N) is 1. The normalized spacial score (nSPS) is 17.6. The smallest absolute Gasteiger partial charge is 0.203 e. The Morgan fingerprint density at radius 1 is 1.47 bits per heavy atom. The number of ether oxygens (including phenoxy) is 1. The Morgan fingerprint density at radius 2 is 2.18 bits per heavy atom. The van der Waals surface area contributed by atoms with Crippen molar-refractivity contribution in [3.8, 4) is 0 Å². The number of aryl methyl sites for hydroxylation is 1. The molecule has 2 heterocycles. The number of aromatic nitrogens is 2. The van der Waals surface area contributed by atoms with E-state index >= 15 is 0 Å². The maximum Gasteiger partial charge on any atom is 0.203 e. The monoisotopic (exact) mass is 237 g/mol. The molecule has 0 aliphatic carbocycles. The van der Waals surface area contributed by atoms with E-state index in [0.29, 0.717) is 6.04 Å². The molecule has 96 valence electrons. The second-order valence-corrected chi connectivity index (χ2v) is 5.14. The molecule has 0 amide bonds. The zero-order chi connectivity index (χ0) is 12.3. The molecule has 0 radical (unpaired) electrons. The lowest BCUT2D eigenvalue weighted by atomic mass is 10.0. The predicted molar refractivity (Wildman–Crippen MR) is 69.4 cm³/mol. The van der Waals surface area contributed by atoms with E-state index in [1.807, 2.05) is 6.92 Å². The van der Waals surface area contributed by atoms with Crippen LogP contribution in [0.1, 0.15) is 38.4 Å². The quantitative estimate of drug-likeness (QED) is 0.875. The van der Waals surface area contributed by atoms with E-state index in [9.17, 15) is 0 Å². The number of hydrogen-bond acceptors (Lipinski definition) is 3. The average Bonchev–Trinajstić information content (AvgIpc) is 2.69. The number of hydrogen-bond donors (Lipinski definition) is 1. The summed E-state index contributed by atoms with van der Waals surface area (Å²) in [5.41, 5.74) is 1.08. The van der Waals surface area contributed by atoms with Crippen LogP contribution in [0.2, 0.25) is 0 Å². The molecule has 0 aromatic carbocycles. The molecular weight excluding hydrogens is 214 g/mol. The molecule has 1 aromatic rings. The summed E-state index contributed by atoms with van der Waals surface area (Å²) >= 11 is 0. The molecule has 1 N–H and O–H groups in total. The summed E-state index contributed by atoms with van der Waals surface area (Å²) in [6, 6.07) is 0.452. The Hall–Kier alpha value is -1.03. The lowest BCUT2D eigenvalue weighted by Crippen LogP contribution is -2.23. The largest absolute Gasteiger partial charge is 0.381 e. The number of nitrogens with zero attached hydrogens (tertiary/aromatic N) is 2. The van der Waals surface area contributed by atoms with E-state index in [1.165, 1.54) is 0 Å². The second-order valence-electron chi connectivity index (χ2n) is 5.14. The molecule has 1 aromatic heterocycles. The highest BCUT2D eigenvalue weighted by Gasteiger charge is 2.15. The van der Waals surface area contributed by atoms with Crippen molar-refractivity contribution in [2.75, 3.05) is 25.1 Å². The fraction of sp³-hybridized carbons (Fsp3) is 0.769. The van der Waals surface area contributed by atoms with Gasteiger partial charge < -0.3 is 14.6 Å². The van der Waals surface area contributed by atoms with Gasteiger partial charge in [-0.2, -0.15) is 0 Å². The third kappa shape index (κ3) is 3.22. The SMILES string of the molecule is Cc1cn(C(C)C)c(NCC2CCOCC2)n1. The van der Waals surface area contributed by atoms with Crippen LogP contribution in [0.4, 0.5) is 5.95 Å². The molecule has 0 spiro atoms. The summed E-state index contributed by atoms with van der Waals surface area (Å²) in [4.78, 5) is 4.54. The predicted octanol–water partition coefficient (Wildman–Crippen LogP) is 2.61. The van der Waals surface area contributed by atoms with E-state index in [4.69, 9.17) is 4.74 Å². The van der Waals surface area contributed by atoms with E-state index in [2.05, 4.69) is 34.9 Å². The van der Waals surface area contributed by atoms with Gasteiger partial charge in [-0.25, -0.2) is 4.98 Å². The first-order chi connectivity index (χ1) is 8.16. The molecule has 1 saturated heterocycles. The van der Waals surface area contributed by atoms with Crippen molar-refractivity contribution in [1.82, 2.24) is 9.55 Å². The van der Waals surface area contributed by atoms with Crippen LogP contribution in [0, 0.1) is 12.8 Å². The zero-order valence-corrected chi connectivity index (χ0v) is 11.1. The minimum Gasteiger partial charge on any atom is -0.381 e. The third-order valence-corrected chi connectivity index (χ3v) is 3.30. The van der Waals surface area contributed by atoms with Crippen LogP contribution in [-0.4, -0.2) is 29.3 Å². The molecule has 2 rings (SSSR count). The third-order valence-electron chi connectivity index (χ3n) is 3.30. The highest BCUT2D eigenvalue weighted by Crippen LogP contribution is 2.18. The van der Waals surface area contributed by atoms with Gasteiger partial charge in [-0.05, 0) is 39.5 Å². The van der Waals surface area contributed by atoms with Crippen molar-refractivity contribution >= 4 is 5.95 Å². The Labute approximate surface area is 103 Å². The van der Waals surface area contributed by atoms with Crippen LogP contribution in [-0.2, 0) is 4.74 Å². The van der Waals surface area contributed by atoms with E-state index < -0.39 is 0 Å². The summed E-state index contributed by atoms with van der Waals surface area (Å²) in [6.07, 6.45) is 4.43. The van der Waals surface area contributed by atoms with E-state index in [1.54, 1.807) is 0 Å². The van der Waals surface area contributed by atoms with Crippen LogP contribution in [0.25, 0.3) is 0 Å². The minimum absolute atomic E-state index is 0.452. The standard InChI is InChI=1S/C13H23N3O/c1-10(2)16-9-11(3)15-13(16)14-8-12-4-6-17-7-5-12/h9-10,12H,4-8H2,1-3H3,(H,14,15). The molecule has 1 aliphatic heterocycles. The van der Waals surface area contributed by atoms with Gasteiger partial charge in [-0.15, -0.1) is 0 Å². The molecule has 4 nitrogen and oxygen atoms in total. The van der Waals surface area contributed by atoms with Crippen LogP contribution in [0.3, 0.4) is 0 Å². The van der Waals surface area contributed by atoms with Gasteiger partial charge in [0.2, 0.25) is 5.95 Å². The minimum atomic E-state index is 0.452. The first-order valence-electron chi connectivity index (χ1n) is 6.54. The highest BCUT2D eigenvalue weighted by atomic mass is 16.5. The molecule has 4 heteroatoms. The van der Waals surface area contributed by atoms with Gasteiger partial charge in [0.15, 0.2) is 0 Å². The topological polar surface area (TPSA) is 39.1 Å². The van der Waals surface area contributed by atoms with E-state index in [0.717, 1.165) is 50.2 Å². The van der Waals surface area contributed by atoms with Crippen LogP contribution in [0.5, 0.6) is 0 Å². The van der Waals surface area contributed by atoms with Crippen molar-refractivity contribution in [2.24, 2.45) is 5.92 Å². The van der Waals surface area contributed by atoms with Crippen molar-refractivity contribution in [3.63, 3.8) is 0 Å². The molecule has 1 aliphatic rings. The molecule has 17 heavy (non-hydrogen) atoms. The van der Waals surface area contributed by atoms with Crippen molar-refractivity contribution in [3.05, 3.63) is 11.9 Å². The van der Waals surface area contributed by atoms with Gasteiger partial charge in [0, 0.05) is 32.0 Å². The molecule has 0 unspecified atom stereocenters. The maximum atomic E-state index is 5.37. The second kappa shape index (κ2) is 5.54. The van der Waals surface area contributed by atoms with Crippen LogP contribution < -0.4 is 5.32 Å². The summed E-state index contributed by atoms with van der Waals surface area (Å²) in [6.45, 7) is 9.22. The fourth-order valence-corrected chi connectivity index (χ4v) is 2.23. The highest BCUT2D eigenvalue weighted by molar-refractivity contribution is 5.29. The Bertz CT molecular complexity index is 354. The van der Waals surface area contributed by atoms with Gasteiger partial charge in [-0.1, -0.05) is 0 Å². The molecular formula is C13H23N3O.